The van der Waals surface area contributed by atoms with Gasteiger partial charge in [-0.25, -0.2) is 4.79 Å². The van der Waals surface area contributed by atoms with Crippen molar-refractivity contribution in [2.45, 2.75) is 19.4 Å². The van der Waals surface area contributed by atoms with Crippen LogP contribution in [0.15, 0.2) is 42.5 Å². The molecule has 5 nitrogen and oxygen atoms in total. The van der Waals surface area contributed by atoms with E-state index in [2.05, 4.69) is 39.8 Å². The molecule has 2 aromatic rings. The Morgan fingerprint density at radius 2 is 2.04 bits per heavy atom. The topological polar surface area (TPSA) is 53.6 Å². The molecular formula is C21H24ClN3O2S. The molecular weight excluding hydrogens is 394 g/mol. The smallest absolute Gasteiger partial charge is 0.337 e. The maximum Gasteiger partial charge on any atom is 0.337 e. The second-order valence-corrected chi connectivity index (χ2v) is 7.53. The highest BCUT2D eigenvalue weighted by atomic mass is 35.5. The molecule has 0 fully saturated rings. The Morgan fingerprint density at radius 1 is 1.25 bits per heavy atom. The minimum Gasteiger partial charge on any atom is -0.465 e. The number of halogens is 1. The summed E-state index contributed by atoms with van der Waals surface area (Å²) < 4.78 is 4.73. The normalized spacial score (nSPS) is 13.5. The first-order chi connectivity index (χ1) is 13.6. The predicted octanol–water partition coefficient (Wildman–Crippen LogP) is 3.86. The molecule has 0 spiro atoms. The summed E-state index contributed by atoms with van der Waals surface area (Å²) in [5.41, 5.74) is 3.89. The quantitative estimate of drug-likeness (QED) is 0.423. The number of methoxy groups -OCH3 is 1. The number of benzene rings is 2. The Labute approximate surface area is 176 Å². The van der Waals surface area contributed by atoms with Gasteiger partial charge in [0.25, 0.3) is 0 Å². The second kappa shape index (κ2) is 9.87. The minimum atomic E-state index is -0.415. The van der Waals surface area contributed by atoms with E-state index in [1.807, 2.05) is 0 Å². The predicted molar refractivity (Wildman–Crippen MR) is 117 cm³/mol. The van der Waals surface area contributed by atoms with Crippen LogP contribution < -0.4 is 10.6 Å². The fraction of sp³-hybridized carbons (Fsp3) is 0.333. The summed E-state index contributed by atoms with van der Waals surface area (Å²) in [5.74, 6) is -0.415. The van der Waals surface area contributed by atoms with Crippen LogP contribution in [0.25, 0.3) is 0 Å². The van der Waals surface area contributed by atoms with Crippen molar-refractivity contribution in [2.24, 2.45) is 0 Å². The maximum atomic E-state index is 11.7. The number of hydrogen-bond acceptors (Lipinski definition) is 4. The molecule has 28 heavy (non-hydrogen) atoms. The Morgan fingerprint density at radius 3 is 2.82 bits per heavy atom. The van der Waals surface area contributed by atoms with Gasteiger partial charge in [-0.15, -0.1) is 0 Å². The first-order valence-electron chi connectivity index (χ1n) is 9.28. The van der Waals surface area contributed by atoms with Crippen molar-refractivity contribution < 1.29 is 9.53 Å². The van der Waals surface area contributed by atoms with Crippen molar-refractivity contribution in [3.63, 3.8) is 0 Å². The van der Waals surface area contributed by atoms with Crippen LogP contribution in [-0.2, 0) is 17.7 Å². The van der Waals surface area contributed by atoms with E-state index >= 15 is 0 Å². The molecule has 0 unspecified atom stereocenters. The van der Waals surface area contributed by atoms with Crippen LogP contribution in [-0.4, -0.2) is 42.7 Å². The summed E-state index contributed by atoms with van der Waals surface area (Å²) in [7, 11) is 1.34. The maximum absolute atomic E-state index is 11.7. The molecule has 1 aliphatic rings. The summed E-state index contributed by atoms with van der Waals surface area (Å²) in [5, 5.41) is 7.22. The summed E-state index contributed by atoms with van der Waals surface area (Å²) in [6, 6.07) is 13.5. The van der Waals surface area contributed by atoms with Gasteiger partial charge < -0.3 is 15.4 Å². The number of nitrogens with zero attached hydrogens (tertiary/aromatic N) is 1. The molecule has 1 heterocycles. The largest absolute Gasteiger partial charge is 0.465 e. The first-order valence-corrected chi connectivity index (χ1v) is 10.1. The average molecular weight is 418 g/mol. The Hall–Kier alpha value is -2.15. The van der Waals surface area contributed by atoms with Gasteiger partial charge in [0.2, 0.25) is 0 Å². The van der Waals surface area contributed by atoms with Gasteiger partial charge in [-0.2, -0.15) is 0 Å². The van der Waals surface area contributed by atoms with Crippen molar-refractivity contribution in [1.29, 1.82) is 0 Å². The number of thiocarbonyl (C=S) groups is 1. The van der Waals surface area contributed by atoms with Crippen LogP contribution >= 0.6 is 23.8 Å². The zero-order chi connectivity index (χ0) is 19.9. The Bertz CT molecular complexity index is 859. The molecule has 0 aromatic heterocycles. The lowest BCUT2D eigenvalue weighted by molar-refractivity contribution is 0.0601. The molecule has 3 rings (SSSR count). The zero-order valence-electron chi connectivity index (χ0n) is 15.8. The molecule has 7 heteroatoms. The molecule has 2 aromatic carbocycles. The van der Waals surface area contributed by atoms with E-state index < -0.39 is 5.97 Å². The van der Waals surface area contributed by atoms with Gasteiger partial charge in [-0.05, 0) is 54.4 Å². The highest BCUT2D eigenvalue weighted by Crippen LogP contribution is 2.23. The summed E-state index contributed by atoms with van der Waals surface area (Å²) in [6.45, 7) is 3.88. The fourth-order valence-corrected chi connectivity index (χ4v) is 3.66. The summed E-state index contributed by atoms with van der Waals surface area (Å²) in [6.07, 6.45) is 2.10. The van der Waals surface area contributed by atoms with Crippen LogP contribution in [0.1, 0.15) is 27.9 Å². The number of anilines is 1. The lowest BCUT2D eigenvalue weighted by Crippen LogP contribution is -2.34. The van der Waals surface area contributed by atoms with E-state index in [-0.39, 0.29) is 0 Å². The third-order valence-electron chi connectivity index (χ3n) is 4.78. The summed E-state index contributed by atoms with van der Waals surface area (Å²) >= 11 is 11.5. The van der Waals surface area contributed by atoms with Gasteiger partial charge in [0, 0.05) is 26.2 Å². The molecule has 2 N–H and O–H groups in total. The van der Waals surface area contributed by atoms with E-state index in [0.717, 1.165) is 39.0 Å². The highest BCUT2D eigenvalue weighted by Gasteiger charge is 2.15. The van der Waals surface area contributed by atoms with Gasteiger partial charge in [0.05, 0.1) is 23.4 Å². The van der Waals surface area contributed by atoms with E-state index in [0.29, 0.717) is 21.4 Å². The van der Waals surface area contributed by atoms with Crippen LogP contribution in [0.2, 0.25) is 5.02 Å². The van der Waals surface area contributed by atoms with Crippen LogP contribution in [0, 0.1) is 0 Å². The van der Waals surface area contributed by atoms with Gasteiger partial charge >= 0.3 is 5.97 Å². The van der Waals surface area contributed by atoms with E-state index in [9.17, 15) is 4.79 Å². The van der Waals surface area contributed by atoms with Crippen molar-refractivity contribution in [3.05, 3.63) is 64.2 Å². The average Bonchev–Trinajstić information content (AvgIpc) is 2.72. The molecule has 0 atom stereocenters. The van der Waals surface area contributed by atoms with Crippen molar-refractivity contribution in [3.8, 4) is 0 Å². The standard InChI is InChI=1S/C21H24ClN3O2S/c1-27-20(26)16-7-8-18(22)19(13-16)24-21(28)23-10-4-11-25-12-9-15-5-2-3-6-17(15)14-25/h2-3,5-8,13H,4,9-12,14H2,1H3,(H2,23,24,28). The lowest BCUT2D eigenvalue weighted by atomic mass is 10.00. The highest BCUT2D eigenvalue weighted by molar-refractivity contribution is 7.80. The SMILES string of the molecule is COC(=O)c1ccc(Cl)c(NC(=S)NCCCN2CCc3ccccc3C2)c1. The third-order valence-corrected chi connectivity index (χ3v) is 5.36. The monoisotopic (exact) mass is 417 g/mol. The third kappa shape index (κ3) is 5.44. The van der Waals surface area contributed by atoms with Gasteiger partial charge in [0.15, 0.2) is 5.11 Å². The number of nitrogens with one attached hydrogen (secondary N) is 2. The van der Waals surface area contributed by atoms with Gasteiger partial charge in [-0.3, -0.25) is 4.90 Å². The molecule has 1 aliphatic heterocycles. The zero-order valence-corrected chi connectivity index (χ0v) is 17.4. The van der Waals surface area contributed by atoms with Gasteiger partial charge in [0.1, 0.15) is 0 Å². The summed E-state index contributed by atoms with van der Waals surface area (Å²) in [4.78, 5) is 14.1. The number of rotatable bonds is 6. The number of carbonyl (C=O) groups is 1. The number of fused-ring (bicyclic) bond motifs is 1. The molecule has 0 amide bonds. The number of esters is 1. The molecule has 0 saturated heterocycles. The molecule has 0 saturated carbocycles. The van der Waals surface area contributed by atoms with Crippen LogP contribution in [0.5, 0.6) is 0 Å². The van der Waals surface area contributed by atoms with Crippen molar-refractivity contribution >= 4 is 40.6 Å². The van der Waals surface area contributed by atoms with Crippen molar-refractivity contribution in [2.75, 3.05) is 32.1 Å². The van der Waals surface area contributed by atoms with Crippen LogP contribution in [0.4, 0.5) is 5.69 Å². The molecule has 0 aliphatic carbocycles. The second-order valence-electron chi connectivity index (χ2n) is 6.72. The fourth-order valence-electron chi connectivity index (χ4n) is 3.28. The Kier molecular flexibility index (Phi) is 7.25. The van der Waals surface area contributed by atoms with E-state index in [1.165, 1.54) is 18.2 Å². The van der Waals surface area contributed by atoms with Crippen LogP contribution in [0.3, 0.4) is 0 Å². The number of carbonyl (C=O) groups excluding carboxylic acids is 1. The van der Waals surface area contributed by atoms with Crippen molar-refractivity contribution in [1.82, 2.24) is 10.2 Å². The number of ether oxygens (including phenoxy) is 1. The van der Waals surface area contributed by atoms with E-state index in [4.69, 9.17) is 28.6 Å². The number of hydrogen-bond donors (Lipinski definition) is 2. The molecule has 148 valence electrons. The minimum absolute atomic E-state index is 0.415. The van der Waals surface area contributed by atoms with E-state index in [1.54, 1.807) is 18.2 Å². The first kappa shape index (κ1) is 20.6. The molecule has 0 radical (unpaired) electrons. The molecule has 0 bridgehead atoms. The Balaban J connectivity index is 1.42. The lowest BCUT2D eigenvalue weighted by Gasteiger charge is -2.28. The van der Waals surface area contributed by atoms with Gasteiger partial charge in [-0.1, -0.05) is 35.9 Å².